The number of morpholine rings is 1. The number of hydrogen-bond acceptors (Lipinski definition) is 4. The molecule has 16 heavy (non-hydrogen) atoms. The topological polar surface area (TPSA) is 37.4 Å². The van der Waals surface area contributed by atoms with E-state index in [1.165, 1.54) is 11.3 Å². The minimum atomic E-state index is 0.820. The SMILES string of the molecule is CNCc1cnc(C)cc1N1CCOCC1. The van der Waals surface area contributed by atoms with Crippen molar-refractivity contribution in [3.05, 3.63) is 23.5 Å². The summed E-state index contributed by atoms with van der Waals surface area (Å²) >= 11 is 0. The van der Waals surface area contributed by atoms with Crippen LogP contribution in [0.3, 0.4) is 0 Å². The zero-order valence-corrected chi connectivity index (χ0v) is 9.99. The summed E-state index contributed by atoms with van der Waals surface area (Å²) in [6.45, 7) is 6.48. The van der Waals surface area contributed by atoms with E-state index in [2.05, 4.69) is 21.3 Å². The zero-order chi connectivity index (χ0) is 11.4. The highest BCUT2D eigenvalue weighted by atomic mass is 16.5. The molecule has 88 valence electrons. The number of aromatic nitrogens is 1. The van der Waals surface area contributed by atoms with E-state index >= 15 is 0 Å². The van der Waals surface area contributed by atoms with E-state index < -0.39 is 0 Å². The van der Waals surface area contributed by atoms with Crippen LogP contribution in [0.4, 0.5) is 5.69 Å². The largest absolute Gasteiger partial charge is 0.378 e. The Morgan fingerprint density at radius 1 is 1.44 bits per heavy atom. The van der Waals surface area contributed by atoms with Crippen LogP contribution in [0.15, 0.2) is 12.3 Å². The van der Waals surface area contributed by atoms with Gasteiger partial charge in [-0.05, 0) is 20.0 Å². The Morgan fingerprint density at radius 2 is 2.19 bits per heavy atom. The first-order valence-corrected chi connectivity index (χ1v) is 5.74. The Hall–Kier alpha value is -1.13. The summed E-state index contributed by atoms with van der Waals surface area (Å²) in [6.07, 6.45) is 1.97. The van der Waals surface area contributed by atoms with Crippen LogP contribution in [-0.4, -0.2) is 38.3 Å². The van der Waals surface area contributed by atoms with Gasteiger partial charge in [0.15, 0.2) is 0 Å². The first kappa shape index (κ1) is 11.4. The zero-order valence-electron chi connectivity index (χ0n) is 9.99. The molecule has 2 heterocycles. The molecular weight excluding hydrogens is 202 g/mol. The standard InChI is InChI=1S/C12H19N3O/c1-10-7-12(11(8-13-2)9-14-10)15-3-5-16-6-4-15/h7,9,13H,3-6,8H2,1-2H3. The molecule has 0 spiro atoms. The molecule has 0 aromatic carbocycles. The van der Waals surface area contributed by atoms with Crippen molar-refractivity contribution in [2.45, 2.75) is 13.5 Å². The minimum Gasteiger partial charge on any atom is -0.378 e. The maximum absolute atomic E-state index is 5.38. The van der Waals surface area contributed by atoms with E-state index in [0.29, 0.717) is 0 Å². The lowest BCUT2D eigenvalue weighted by Gasteiger charge is -2.30. The van der Waals surface area contributed by atoms with Crippen LogP contribution in [0.25, 0.3) is 0 Å². The van der Waals surface area contributed by atoms with E-state index in [4.69, 9.17) is 4.74 Å². The van der Waals surface area contributed by atoms with Crippen LogP contribution >= 0.6 is 0 Å². The molecular formula is C12H19N3O. The molecule has 1 aliphatic rings. The van der Waals surface area contributed by atoms with Gasteiger partial charge < -0.3 is 15.0 Å². The Morgan fingerprint density at radius 3 is 2.88 bits per heavy atom. The van der Waals surface area contributed by atoms with Gasteiger partial charge in [-0.15, -0.1) is 0 Å². The van der Waals surface area contributed by atoms with Crippen LogP contribution in [0, 0.1) is 6.92 Å². The monoisotopic (exact) mass is 221 g/mol. The first-order chi connectivity index (χ1) is 7.81. The summed E-state index contributed by atoms with van der Waals surface area (Å²) < 4.78 is 5.38. The number of pyridine rings is 1. The normalized spacial score (nSPS) is 16.5. The number of anilines is 1. The molecule has 0 saturated carbocycles. The van der Waals surface area contributed by atoms with Gasteiger partial charge in [0.1, 0.15) is 0 Å². The van der Waals surface area contributed by atoms with Gasteiger partial charge in [-0.2, -0.15) is 0 Å². The van der Waals surface area contributed by atoms with Crippen molar-refractivity contribution < 1.29 is 4.74 Å². The van der Waals surface area contributed by atoms with Gasteiger partial charge in [-0.25, -0.2) is 0 Å². The summed E-state index contributed by atoms with van der Waals surface area (Å²) in [7, 11) is 1.96. The van der Waals surface area contributed by atoms with E-state index in [1.807, 2.05) is 20.2 Å². The third kappa shape index (κ3) is 2.51. The van der Waals surface area contributed by atoms with Crippen LogP contribution in [-0.2, 0) is 11.3 Å². The van der Waals surface area contributed by atoms with E-state index in [1.54, 1.807) is 0 Å². The number of nitrogens with one attached hydrogen (secondary N) is 1. The number of rotatable bonds is 3. The molecule has 1 aliphatic heterocycles. The minimum absolute atomic E-state index is 0.820. The van der Waals surface area contributed by atoms with Crippen LogP contribution in [0.1, 0.15) is 11.3 Å². The Labute approximate surface area is 96.6 Å². The van der Waals surface area contributed by atoms with Gasteiger partial charge >= 0.3 is 0 Å². The smallest absolute Gasteiger partial charge is 0.0642 e. The summed E-state index contributed by atoms with van der Waals surface area (Å²) in [5.74, 6) is 0. The Bertz CT molecular complexity index is 348. The van der Waals surface area contributed by atoms with Gasteiger partial charge in [0.05, 0.1) is 13.2 Å². The van der Waals surface area contributed by atoms with E-state index in [-0.39, 0.29) is 0 Å². The lowest BCUT2D eigenvalue weighted by Crippen LogP contribution is -2.37. The van der Waals surface area contributed by atoms with Gasteiger partial charge in [0, 0.05) is 42.8 Å². The second kappa shape index (κ2) is 5.27. The average molecular weight is 221 g/mol. The van der Waals surface area contributed by atoms with Gasteiger partial charge in [-0.1, -0.05) is 0 Å². The summed E-state index contributed by atoms with van der Waals surface area (Å²) in [5, 5.41) is 3.19. The third-order valence-electron chi connectivity index (χ3n) is 2.82. The van der Waals surface area contributed by atoms with Crippen molar-refractivity contribution >= 4 is 5.69 Å². The van der Waals surface area contributed by atoms with Gasteiger partial charge in [-0.3, -0.25) is 4.98 Å². The molecule has 0 bridgehead atoms. The molecule has 0 radical (unpaired) electrons. The Balaban J connectivity index is 2.24. The highest BCUT2D eigenvalue weighted by Gasteiger charge is 2.14. The van der Waals surface area contributed by atoms with Crippen molar-refractivity contribution in [1.29, 1.82) is 0 Å². The van der Waals surface area contributed by atoms with Crippen LogP contribution in [0.5, 0.6) is 0 Å². The van der Waals surface area contributed by atoms with Crippen molar-refractivity contribution in [2.24, 2.45) is 0 Å². The average Bonchev–Trinajstić information content (AvgIpc) is 2.33. The molecule has 0 aliphatic carbocycles. The predicted molar refractivity (Wildman–Crippen MR) is 64.8 cm³/mol. The van der Waals surface area contributed by atoms with Crippen molar-refractivity contribution in [2.75, 3.05) is 38.3 Å². The fourth-order valence-electron chi connectivity index (χ4n) is 2.00. The highest BCUT2D eigenvalue weighted by Crippen LogP contribution is 2.21. The number of aryl methyl sites for hydroxylation is 1. The predicted octanol–water partition coefficient (Wildman–Crippen LogP) is 0.946. The second-order valence-corrected chi connectivity index (χ2v) is 4.08. The van der Waals surface area contributed by atoms with Crippen LogP contribution < -0.4 is 10.2 Å². The molecule has 0 atom stereocenters. The lowest BCUT2D eigenvalue weighted by molar-refractivity contribution is 0.122. The summed E-state index contributed by atoms with van der Waals surface area (Å²) in [5.41, 5.74) is 3.63. The molecule has 1 saturated heterocycles. The third-order valence-corrected chi connectivity index (χ3v) is 2.82. The molecule has 0 unspecified atom stereocenters. The van der Waals surface area contributed by atoms with Crippen molar-refractivity contribution in [3.8, 4) is 0 Å². The fourth-order valence-corrected chi connectivity index (χ4v) is 2.00. The summed E-state index contributed by atoms with van der Waals surface area (Å²) in [6, 6.07) is 2.16. The van der Waals surface area contributed by atoms with Crippen molar-refractivity contribution in [3.63, 3.8) is 0 Å². The second-order valence-electron chi connectivity index (χ2n) is 4.08. The Kier molecular flexibility index (Phi) is 3.74. The molecule has 1 N–H and O–H groups in total. The first-order valence-electron chi connectivity index (χ1n) is 5.74. The lowest BCUT2D eigenvalue weighted by atomic mass is 10.1. The fraction of sp³-hybridized carbons (Fsp3) is 0.583. The summed E-state index contributed by atoms with van der Waals surface area (Å²) in [4.78, 5) is 6.74. The quantitative estimate of drug-likeness (QED) is 0.824. The van der Waals surface area contributed by atoms with Gasteiger partial charge in [0.25, 0.3) is 0 Å². The molecule has 0 amide bonds. The molecule has 4 nitrogen and oxygen atoms in total. The number of nitrogens with zero attached hydrogens (tertiary/aromatic N) is 2. The maximum Gasteiger partial charge on any atom is 0.0642 e. The molecule has 2 rings (SSSR count). The van der Waals surface area contributed by atoms with E-state index in [0.717, 1.165) is 38.5 Å². The molecule has 1 aromatic rings. The maximum atomic E-state index is 5.38. The molecule has 1 fully saturated rings. The highest BCUT2D eigenvalue weighted by molar-refractivity contribution is 5.53. The molecule has 1 aromatic heterocycles. The molecule has 4 heteroatoms. The van der Waals surface area contributed by atoms with Crippen LogP contribution in [0.2, 0.25) is 0 Å². The van der Waals surface area contributed by atoms with E-state index in [9.17, 15) is 0 Å². The number of ether oxygens (including phenoxy) is 1. The number of hydrogen-bond donors (Lipinski definition) is 1. The van der Waals surface area contributed by atoms with Gasteiger partial charge in [0.2, 0.25) is 0 Å². The van der Waals surface area contributed by atoms with Crippen molar-refractivity contribution in [1.82, 2.24) is 10.3 Å².